The molecule has 0 amide bonds. The molecule has 0 N–H and O–H groups in total. The van der Waals surface area contributed by atoms with Gasteiger partial charge in [0.05, 0.1) is 10.9 Å². The van der Waals surface area contributed by atoms with E-state index in [1.807, 2.05) is 0 Å². The van der Waals surface area contributed by atoms with Gasteiger partial charge in [-0.05, 0) is 61.7 Å². The molecule has 3 rings (SSSR count). The predicted molar refractivity (Wildman–Crippen MR) is 138 cm³/mol. The Labute approximate surface area is 203 Å². The maximum absolute atomic E-state index is 8.89. The minimum absolute atomic E-state index is 0.0360. The standard InChI is InChI=1S/C28H35S.C2H4O2/c1-2-3-4-5-6-7-8-11-16-25-21-23-28(24-22-25)29(26-17-12-9-13-18-26)27-19-14-10-15-20-27;1-2(3)4/h9-10,12-15,17-24H,2-8,11,16H2,1H3;1H3,(H,3,4)/q+1;/p-1. The van der Waals surface area contributed by atoms with Gasteiger partial charge in [-0.15, -0.1) is 0 Å². The van der Waals surface area contributed by atoms with Gasteiger partial charge in [-0.3, -0.25) is 0 Å². The fraction of sp³-hybridized carbons (Fsp3) is 0.367. The molecular weight excluding hydrogens is 424 g/mol. The number of carboxylic acid groups (broad SMARTS) is 1. The van der Waals surface area contributed by atoms with Crippen LogP contribution < -0.4 is 5.11 Å². The minimum atomic E-state index is -1.08. The van der Waals surface area contributed by atoms with Crippen molar-refractivity contribution in [2.75, 3.05) is 0 Å². The van der Waals surface area contributed by atoms with E-state index < -0.39 is 5.97 Å². The SMILES string of the molecule is CC(=O)[O-].CCCCCCCCCCc1ccc([S+](c2ccccc2)c2ccccc2)cc1. The van der Waals surface area contributed by atoms with Crippen LogP contribution in [0.4, 0.5) is 0 Å². The topological polar surface area (TPSA) is 40.1 Å². The van der Waals surface area contributed by atoms with Crippen molar-refractivity contribution in [3.8, 4) is 0 Å². The average Bonchev–Trinajstić information content (AvgIpc) is 2.83. The number of hydrogen-bond donors (Lipinski definition) is 0. The minimum Gasteiger partial charge on any atom is -0.550 e. The molecule has 0 aliphatic rings. The third-order valence-electron chi connectivity index (χ3n) is 5.44. The Hall–Kier alpha value is -2.52. The Morgan fingerprint density at radius 1 is 0.636 bits per heavy atom. The zero-order valence-corrected chi connectivity index (χ0v) is 21.0. The summed E-state index contributed by atoms with van der Waals surface area (Å²) in [6.45, 7) is 3.26. The largest absolute Gasteiger partial charge is 0.550 e. The van der Waals surface area contributed by atoms with Crippen LogP contribution in [0.3, 0.4) is 0 Å². The Morgan fingerprint density at radius 3 is 1.48 bits per heavy atom. The first-order valence-corrected chi connectivity index (χ1v) is 13.4. The van der Waals surface area contributed by atoms with Crippen LogP contribution in [0.1, 0.15) is 70.8 Å². The second-order valence-electron chi connectivity index (χ2n) is 8.29. The lowest BCUT2D eigenvalue weighted by molar-refractivity contribution is -0.302. The lowest BCUT2D eigenvalue weighted by Crippen LogP contribution is -2.16. The monoisotopic (exact) mass is 462 g/mol. The van der Waals surface area contributed by atoms with E-state index in [2.05, 4.69) is 91.9 Å². The molecule has 3 heteroatoms. The fourth-order valence-electron chi connectivity index (χ4n) is 3.78. The fourth-order valence-corrected chi connectivity index (χ4v) is 5.86. The maximum atomic E-state index is 8.89. The van der Waals surface area contributed by atoms with Gasteiger partial charge in [0.2, 0.25) is 0 Å². The highest BCUT2D eigenvalue weighted by Gasteiger charge is 2.27. The van der Waals surface area contributed by atoms with Crippen LogP contribution in [0, 0.1) is 0 Å². The number of carbonyl (C=O) groups excluding carboxylic acids is 1. The molecule has 0 spiro atoms. The number of hydrogen-bond acceptors (Lipinski definition) is 2. The molecule has 2 nitrogen and oxygen atoms in total. The van der Waals surface area contributed by atoms with Crippen molar-refractivity contribution in [2.45, 2.75) is 86.3 Å². The highest BCUT2D eigenvalue weighted by Crippen LogP contribution is 2.31. The van der Waals surface area contributed by atoms with Crippen molar-refractivity contribution in [3.05, 3.63) is 90.5 Å². The summed E-state index contributed by atoms with van der Waals surface area (Å²) in [6.07, 6.45) is 12.3. The first-order chi connectivity index (χ1) is 16.1. The molecule has 0 fully saturated rings. The van der Waals surface area contributed by atoms with E-state index in [0.717, 1.165) is 6.92 Å². The molecule has 0 bridgehead atoms. The molecule has 0 saturated heterocycles. The van der Waals surface area contributed by atoms with E-state index in [4.69, 9.17) is 9.90 Å². The van der Waals surface area contributed by atoms with E-state index in [1.165, 1.54) is 78.0 Å². The average molecular weight is 463 g/mol. The van der Waals surface area contributed by atoms with Crippen LogP contribution >= 0.6 is 0 Å². The van der Waals surface area contributed by atoms with Gasteiger partial charge in [0.15, 0.2) is 14.7 Å². The Balaban J connectivity index is 0.000000890. The molecule has 0 atom stereocenters. The molecule has 0 unspecified atom stereocenters. The Bertz CT molecular complexity index is 848. The van der Waals surface area contributed by atoms with E-state index in [1.54, 1.807) is 0 Å². The lowest BCUT2D eigenvalue weighted by Gasteiger charge is -2.09. The van der Waals surface area contributed by atoms with Gasteiger partial charge in [-0.1, -0.05) is 100 Å². The number of aliphatic carboxylic acids is 1. The molecule has 0 aliphatic heterocycles. The van der Waals surface area contributed by atoms with Crippen LogP contribution in [0.5, 0.6) is 0 Å². The Morgan fingerprint density at radius 2 is 1.03 bits per heavy atom. The van der Waals surface area contributed by atoms with E-state index in [9.17, 15) is 0 Å². The number of aryl methyl sites for hydroxylation is 1. The van der Waals surface area contributed by atoms with Crippen LogP contribution in [0.25, 0.3) is 0 Å². The number of benzene rings is 3. The number of rotatable bonds is 12. The van der Waals surface area contributed by atoms with Crippen molar-refractivity contribution in [1.82, 2.24) is 0 Å². The first kappa shape index (κ1) is 26.7. The molecule has 33 heavy (non-hydrogen) atoms. The van der Waals surface area contributed by atoms with Gasteiger partial charge in [-0.25, -0.2) is 0 Å². The van der Waals surface area contributed by atoms with Crippen molar-refractivity contribution in [1.29, 1.82) is 0 Å². The van der Waals surface area contributed by atoms with Crippen molar-refractivity contribution in [2.24, 2.45) is 0 Å². The zero-order chi connectivity index (χ0) is 23.7. The second kappa shape index (κ2) is 16.1. The molecule has 0 aromatic heterocycles. The van der Waals surface area contributed by atoms with Crippen LogP contribution in [0.15, 0.2) is 99.6 Å². The first-order valence-electron chi connectivity index (χ1n) is 12.2. The Kier molecular flexibility index (Phi) is 13.1. The summed E-state index contributed by atoms with van der Waals surface area (Å²) in [5, 5.41) is 8.89. The zero-order valence-electron chi connectivity index (χ0n) is 20.2. The number of carboxylic acids is 1. The molecule has 0 radical (unpaired) electrons. The van der Waals surface area contributed by atoms with Gasteiger partial charge in [0.25, 0.3) is 0 Å². The molecule has 3 aromatic rings. The summed E-state index contributed by atoms with van der Waals surface area (Å²) in [7, 11) is -0.0360. The molecule has 0 heterocycles. The summed E-state index contributed by atoms with van der Waals surface area (Å²) < 4.78 is 0. The predicted octanol–water partition coefficient (Wildman–Crippen LogP) is 7.22. The third kappa shape index (κ3) is 10.8. The molecule has 176 valence electrons. The number of carbonyl (C=O) groups is 1. The van der Waals surface area contributed by atoms with Crippen molar-refractivity contribution < 1.29 is 9.90 Å². The van der Waals surface area contributed by atoms with E-state index in [0.29, 0.717) is 0 Å². The van der Waals surface area contributed by atoms with Gasteiger partial charge in [-0.2, -0.15) is 0 Å². The van der Waals surface area contributed by atoms with E-state index >= 15 is 0 Å². The summed E-state index contributed by atoms with van der Waals surface area (Å²) in [6, 6.07) is 31.2. The molecule has 0 aliphatic carbocycles. The smallest absolute Gasteiger partial charge is 0.166 e. The van der Waals surface area contributed by atoms with Crippen molar-refractivity contribution >= 4 is 16.9 Å². The summed E-state index contributed by atoms with van der Waals surface area (Å²) >= 11 is 0. The second-order valence-corrected chi connectivity index (χ2v) is 10.3. The quantitative estimate of drug-likeness (QED) is 0.210. The molecular formula is C30H38O2S. The van der Waals surface area contributed by atoms with E-state index in [-0.39, 0.29) is 10.9 Å². The highest BCUT2D eigenvalue weighted by molar-refractivity contribution is 7.97. The lowest BCUT2D eigenvalue weighted by atomic mass is 10.0. The normalized spacial score (nSPS) is 10.5. The number of unbranched alkanes of at least 4 members (excludes halogenated alkanes) is 7. The molecule has 3 aromatic carbocycles. The van der Waals surface area contributed by atoms with Crippen LogP contribution in [-0.4, -0.2) is 5.97 Å². The van der Waals surface area contributed by atoms with Gasteiger partial charge < -0.3 is 9.90 Å². The van der Waals surface area contributed by atoms with Crippen LogP contribution in [0.2, 0.25) is 0 Å². The summed E-state index contributed by atoms with van der Waals surface area (Å²) in [5.74, 6) is -1.08. The van der Waals surface area contributed by atoms with Gasteiger partial charge in [0, 0.05) is 5.97 Å². The van der Waals surface area contributed by atoms with Crippen molar-refractivity contribution in [3.63, 3.8) is 0 Å². The van der Waals surface area contributed by atoms with Gasteiger partial charge >= 0.3 is 0 Å². The van der Waals surface area contributed by atoms with Crippen LogP contribution in [-0.2, 0) is 22.1 Å². The maximum Gasteiger partial charge on any atom is 0.166 e. The molecule has 0 saturated carbocycles. The summed E-state index contributed by atoms with van der Waals surface area (Å²) in [5.41, 5.74) is 1.48. The highest BCUT2D eigenvalue weighted by atomic mass is 32.2. The third-order valence-corrected chi connectivity index (χ3v) is 7.67. The van der Waals surface area contributed by atoms with Gasteiger partial charge in [0.1, 0.15) is 0 Å². The summed E-state index contributed by atoms with van der Waals surface area (Å²) in [4.78, 5) is 13.1.